The zero-order chi connectivity index (χ0) is 13.2. The first-order valence-corrected chi connectivity index (χ1v) is 5.92. The molecule has 0 bridgehead atoms. The third-order valence-electron chi connectivity index (χ3n) is 2.23. The SMILES string of the molecule is Cc1sc(C(=O)OC(C)C(=O)N(C)C)cc1N. The predicted octanol–water partition coefficient (Wildman–Crippen LogP) is 1.27. The molecule has 6 heteroatoms. The van der Waals surface area contributed by atoms with Crippen molar-refractivity contribution in [3.63, 3.8) is 0 Å². The van der Waals surface area contributed by atoms with Gasteiger partial charge in [-0.1, -0.05) is 0 Å². The number of thiophene rings is 1. The molecule has 0 saturated carbocycles. The molecule has 1 aromatic heterocycles. The zero-order valence-electron chi connectivity index (χ0n) is 10.3. The van der Waals surface area contributed by atoms with E-state index in [2.05, 4.69) is 0 Å². The van der Waals surface area contributed by atoms with Gasteiger partial charge in [-0.25, -0.2) is 4.79 Å². The molecule has 1 aromatic rings. The minimum atomic E-state index is -0.791. The van der Waals surface area contributed by atoms with Crippen LogP contribution in [0, 0.1) is 6.92 Å². The van der Waals surface area contributed by atoms with Crippen LogP contribution in [0.2, 0.25) is 0 Å². The van der Waals surface area contributed by atoms with Gasteiger partial charge in [0.2, 0.25) is 0 Å². The van der Waals surface area contributed by atoms with Gasteiger partial charge in [-0.05, 0) is 19.9 Å². The van der Waals surface area contributed by atoms with Crippen LogP contribution in [-0.2, 0) is 9.53 Å². The second-order valence-electron chi connectivity index (χ2n) is 3.90. The predicted molar refractivity (Wildman–Crippen MR) is 67.0 cm³/mol. The minimum Gasteiger partial charge on any atom is -0.448 e. The van der Waals surface area contributed by atoms with Crippen molar-refractivity contribution in [1.82, 2.24) is 4.90 Å². The summed E-state index contributed by atoms with van der Waals surface area (Å²) < 4.78 is 5.05. The van der Waals surface area contributed by atoms with E-state index >= 15 is 0 Å². The Morgan fingerprint density at radius 3 is 2.47 bits per heavy atom. The molecule has 1 rings (SSSR count). The van der Waals surface area contributed by atoms with Crippen LogP contribution >= 0.6 is 11.3 Å². The van der Waals surface area contributed by atoms with Crippen molar-refractivity contribution in [2.45, 2.75) is 20.0 Å². The Morgan fingerprint density at radius 1 is 1.47 bits per heavy atom. The third-order valence-corrected chi connectivity index (χ3v) is 3.28. The lowest BCUT2D eigenvalue weighted by atomic mass is 10.3. The average molecular weight is 256 g/mol. The number of rotatable bonds is 3. The molecule has 1 heterocycles. The lowest BCUT2D eigenvalue weighted by Crippen LogP contribution is -2.34. The number of hydrogen-bond acceptors (Lipinski definition) is 5. The number of carbonyl (C=O) groups is 2. The van der Waals surface area contributed by atoms with Crippen LogP contribution < -0.4 is 5.73 Å². The monoisotopic (exact) mass is 256 g/mol. The van der Waals surface area contributed by atoms with E-state index in [1.54, 1.807) is 27.1 Å². The molecule has 17 heavy (non-hydrogen) atoms. The van der Waals surface area contributed by atoms with E-state index in [-0.39, 0.29) is 5.91 Å². The number of esters is 1. The van der Waals surface area contributed by atoms with Gasteiger partial charge >= 0.3 is 5.97 Å². The Labute approximate surface area is 104 Å². The number of aryl methyl sites for hydroxylation is 1. The first-order chi connectivity index (χ1) is 7.82. The van der Waals surface area contributed by atoms with Gasteiger partial charge in [0.05, 0.1) is 0 Å². The third kappa shape index (κ3) is 3.20. The summed E-state index contributed by atoms with van der Waals surface area (Å²) in [6, 6.07) is 1.56. The second kappa shape index (κ2) is 5.18. The maximum Gasteiger partial charge on any atom is 0.349 e. The first kappa shape index (κ1) is 13.5. The van der Waals surface area contributed by atoms with E-state index in [4.69, 9.17) is 10.5 Å². The van der Waals surface area contributed by atoms with Gasteiger partial charge < -0.3 is 15.4 Å². The van der Waals surface area contributed by atoms with E-state index in [1.807, 2.05) is 6.92 Å². The quantitative estimate of drug-likeness (QED) is 0.827. The lowest BCUT2D eigenvalue weighted by molar-refractivity contribution is -0.137. The smallest absolute Gasteiger partial charge is 0.349 e. The summed E-state index contributed by atoms with van der Waals surface area (Å²) in [7, 11) is 3.22. The maximum atomic E-state index is 11.7. The van der Waals surface area contributed by atoms with Crippen molar-refractivity contribution in [3.05, 3.63) is 15.8 Å². The molecule has 1 unspecified atom stereocenters. The Hall–Kier alpha value is -1.56. The van der Waals surface area contributed by atoms with Crippen molar-refractivity contribution in [1.29, 1.82) is 0 Å². The number of nitrogens with two attached hydrogens (primary N) is 1. The summed E-state index contributed by atoms with van der Waals surface area (Å²) in [5.74, 6) is -0.767. The maximum absolute atomic E-state index is 11.7. The molecule has 0 radical (unpaired) electrons. The highest BCUT2D eigenvalue weighted by Crippen LogP contribution is 2.24. The number of anilines is 1. The molecular weight excluding hydrogens is 240 g/mol. The number of nitrogen functional groups attached to an aromatic ring is 1. The normalized spacial score (nSPS) is 12.0. The van der Waals surface area contributed by atoms with Crippen LogP contribution in [0.1, 0.15) is 21.5 Å². The molecule has 94 valence electrons. The number of carbonyl (C=O) groups excluding carboxylic acids is 2. The summed E-state index contributed by atoms with van der Waals surface area (Å²) in [5, 5.41) is 0. The number of ether oxygens (including phenoxy) is 1. The molecule has 0 aliphatic rings. The molecule has 0 spiro atoms. The summed E-state index contributed by atoms with van der Waals surface area (Å²) in [5.41, 5.74) is 6.21. The molecule has 0 aromatic carbocycles. The van der Waals surface area contributed by atoms with Crippen LogP contribution in [-0.4, -0.2) is 37.0 Å². The van der Waals surface area contributed by atoms with Crippen LogP contribution in [0.3, 0.4) is 0 Å². The van der Waals surface area contributed by atoms with E-state index in [0.717, 1.165) is 4.88 Å². The Morgan fingerprint density at radius 2 is 2.06 bits per heavy atom. The fraction of sp³-hybridized carbons (Fsp3) is 0.455. The molecule has 0 saturated heterocycles. The largest absolute Gasteiger partial charge is 0.448 e. The summed E-state index contributed by atoms with van der Waals surface area (Å²) >= 11 is 1.26. The summed E-state index contributed by atoms with van der Waals surface area (Å²) in [6.07, 6.45) is -0.791. The number of likely N-dealkylation sites (N-methyl/N-ethyl adjacent to an activating group) is 1. The van der Waals surface area contributed by atoms with Gasteiger partial charge in [0.25, 0.3) is 5.91 Å². The van der Waals surface area contributed by atoms with Gasteiger partial charge in [0.1, 0.15) is 4.88 Å². The lowest BCUT2D eigenvalue weighted by Gasteiger charge is -2.16. The van der Waals surface area contributed by atoms with E-state index in [1.165, 1.54) is 16.2 Å². The van der Waals surface area contributed by atoms with Crippen LogP contribution in [0.15, 0.2) is 6.07 Å². The standard InChI is InChI=1S/C11H16N2O3S/c1-6(10(14)13(3)4)16-11(15)9-5-8(12)7(2)17-9/h5-6H,12H2,1-4H3. The Kier molecular flexibility index (Phi) is 4.11. The number of hydrogen-bond donors (Lipinski definition) is 1. The molecule has 5 nitrogen and oxygen atoms in total. The Bertz CT molecular complexity index is 420. The fourth-order valence-electron chi connectivity index (χ4n) is 1.23. The van der Waals surface area contributed by atoms with Gasteiger partial charge in [-0.2, -0.15) is 0 Å². The molecule has 2 N–H and O–H groups in total. The van der Waals surface area contributed by atoms with Crippen molar-refractivity contribution in [2.75, 3.05) is 19.8 Å². The first-order valence-electron chi connectivity index (χ1n) is 5.11. The van der Waals surface area contributed by atoms with Crippen molar-refractivity contribution >= 4 is 28.9 Å². The van der Waals surface area contributed by atoms with Crippen molar-refractivity contribution in [2.24, 2.45) is 0 Å². The molecular formula is C11H16N2O3S. The van der Waals surface area contributed by atoms with Gasteiger partial charge in [-0.3, -0.25) is 4.79 Å². The number of amides is 1. The highest BCUT2D eigenvalue weighted by atomic mass is 32.1. The van der Waals surface area contributed by atoms with Crippen LogP contribution in [0.4, 0.5) is 5.69 Å². The summed E-state index contributed by atoms with van der Waals surface area (Å²) in [4.78, 5) is 25.9. The van der Waals surface area contributed by atoms with Gasteiger partial charge in [0.15, 0.2) is 6.10 Å². The van der Waals surface area contributed by atoms with Crippen LogP contribution in [0.25, 0.3) is 0 Å². The highest BCUT2D eigenvalue weighted by molar-refractivity contribution is 7.14. The minimum absolute atomic E-state index is 0.250. The van der Waals surface area contributed by atoms with Gasteiger partial charge in [0, 0.05) is 24.7 Å². The zero-order valence-corrected chi connectivity index (χ0v) is 11.1. The van der Waals surface area contributed by atoms with Crippen molar-refractivity contribution in [3.8, 4) is 0 Å². The highest BCUT2D eigenvalue weighted by Gasteiger charge is 2.21. The Balaban J connectivity index is 2.70. The van der Waals surface area contributed by atoms with E-state index < -0.39 is 12.1 Å². The second-order valence-corrected chi connectivity index (χ2v) is 5.16. The molecule has 0 fully saturated rings. The molecule has 1 amide bonds. The number of nitrogens with zero attached hydrogens (tertiary/aromatic N) is 1. The molecule has 0 aliphatic carbocycles. The van der Waals surface area contributed by atoms with Crippen LogP contribution in [0.5, 0.6) is 0 Å². The van der Waals surface area contributed by atoms with Gasteiger partial charge in [-0.15, -0.1) is 11.3 Å². The molecule has 0 aliphatic heterocycles. The van der Waals surface area contributed by atoms with E-state index in [9.17, 15) is 9.59 Å². The fourth-order valence-corrected chi connectivity index (χ4v) is 2.05. The van der Waals surface area contributed by atoms with Crippen molar-refractivity contribution < 1.29 is 14.3 Å². The summed E-state index contributed by atoms with van der Waals surface area (Å²) in [6.45, 7) is 3.37. The average Bonchev–Trinajstić information content (AvgIpc) is 2.58. The molecule has 1 atom stereocenters. The topological polar surface area (TPSA) is 72.6 Å². The van der Waals surface area contributed by atoms with E-state index in [0.29, 0.717) is 10.6 Å².